The van der Waals surface area contributed by atoms with Crippen LogP contribution < -0.4 is 5.76 Å². The molecular weight excluding hydrogens is 170 g/mol. The minimum absolute atomic E-state index is 0.490. The molecule has 2 aromatic heterocycles. The molecule has 0 amide bonds. The highest BCUT2D eigenvalue weighted by molar-refractivity contribution is 5.21. The molecule has 0 N–H and O–H groups in total. The number of pyridine rings is 1. The molecule has 0 aliphatic rings. The number of aryl methyl sites for hydroxylation is 1. The van der Waals surface area contributed by atoms with Crippen LogP contribution in [0.15, 0.2) is 33.7 Å². The van der Waals surface area contributed by atoms with Crippen LogP contribution in [-0.4, -0.2) is 14.7 Å². The fourth-order valence-corrected chi connectivity index (χ4v) is 1.06. The van der Waals surface area contributed by atoms with Crippen molar-refractivity contribution in [3.8, 4) is 5.82 Å². The number of rotatable bonds is 1. The smallest absolute Gasteiger partial charge is 0.295 e. The number of nitrogens with zero attached hydrogens (tertiary/aromatic N) is 3. The van der Waals surface area contributed by atoms with Crippen LogP contribution in [0.3, 0.4) is 0 Å². The van der Waals surface area contributed by atoms with Crippen LogP contribution in [-0.2, 0) is 0 Å². The zero-order valence-corrected chi connectivity index (χ0v) is 6.97. The van der Waals surface area contributed by atoms with Crippen LogP contribution in [0.2, 0.25) is 0 Å². The SMILES string of the molecule is Cc1noc(=O)n1-c1ccccn1. The monoisotopic (exact) mass is 177 g/mol. The van der Waals surface area contributed by atoms with Gasteiger partial charge in [0.1, 0.15) is 5.82 Å². The molecule has 2 rings (SSSR count). The van der Waals surface area contributed by atoms with Gasteiger partial charge in [-0.2, -0.15) is 0 Å². The first kappa shape index (κ1) is 7.72. The Morgan fingerprint density at radius 3 is 2.85 bits per heavy atom. The van der Waals surface area contributed by atoms with Crippen molar-refractivity contribution >= 4 is 0 Å². The number of aromatic nitrogens is 3. The summed E-state index contributed by atoms with van der Waals surface area (Å²) in [7, 11) is 0. The highest BCUT2D eigenvalue weighted by Crippen LogP contribution is 2.01. The Bertz CT molecular complexity index is 458. The second-order valence-electron chi connectivity index (χ2n) is 2.52. The van der Waals surface area contributed by atoms with E-state index in [1.165, 1.54) is 4.57 Å². The molecule has 13 heavy (non-hydrogen) atoms. The molecule has 0 aliphatic heterocycles. The summed E-state index contributed by atoms with van der Waals surface area (Å²) in [6.45, 7) is 1.68. The summed E-state index contributed by atoms with van der Waals surface area (Å²) in [5, 5.41) is 3.53. The molecule has 0 fully saturated rings. The van der Waals surface area contributed by atoms with Gasteiger partial charge in [0.05, 0.1) is 0 Å². The van der Waals surface area contributed by atoms with E-state index in [0.717, 1.165) is 0 Å². The molecular formula is C8H7N3O2. The molecule has 0 aromatic carbocycles. The van der Waals surface area contributed by atoms with Gasteiger partial charge in [-0.15, -0.1) is 0 Å². The van der Waals surface area contributed by atoms with Gasteiger partial charge >= 0.3 is 5.76 Å². The van der Waals surface area contributed by atoms with Crippen molar-refractivity contribution < 1.29 is 4.52 Å². The lowest BCUT2D eigenvalue weighted by atomic mass is 10.4. The van der Waals surface area contributed by atoms with Crippen molar-refractivity contribution in [3.63, 3.8) is 0 Å². The standard InChI is InChI=1S/C8H7N3O2/c1-6-10-13-8(12)11(6)7-4-2-3-5-9-7/h2-5H,1H3. The number of hydrogen-bond donors (Lipinski definition) is 0. The summed E-state index contributed by atoms with van der Waals surface area (Å²) < 4.78 is 5.77. The van der Waals surface area contributed by atoms with E-state index in [-0.39, 0.29) is 0 Å². The quantitative estimate of drug-likeness (QED) is 0.637. The van der Waals surface area contributed by atoms with Crippen LogP contribution >= 0.6 is 0 Å². The largest absolute Gasteiger partial charge is 0.447 e. The Kier molecular flexibility index (Phi) is 1.70. The topological polar surface area (TPSA) is 60.9 Å². The van der Waals surface area contributed by atoms with Gasteiger partial charge in [0.2, 0.25) is 0 Å². The predicted octanol–water partition coefficient (Wildman–Crippen LogP) is 0.529. The Balaban J connectivity index is 2.65. The summed E-state index contributed by atoms with van der Waals surface area (Å²) in [5.41, 5.74) is 0. The molecule has 0 unspecified atom stereocenters. The maximum absolute atomic E-state index is 11.1. The van der Waals surface area contributed by atoms with Crippen molar-refractivity contribution in [2.24, 2.45) is 0 Å². The molecule has 66 valence electrons. The summed E-state index contributed by atoms with van der Waals surface area (Å²) >= 11 is 0. The molecule has 0 spiro atoms. The van der Waals surface area contributed by atoms with Crippen molar-refractivity contribution in [2.75, 3.05) is 0 Å². The summed E-state index contributed by atoms with van der Waals surface area (Å²) in [6.07, 6.45) is 1.61. The van der Waals surface area contributed by atoms with Crippen LogP contribution in [0.25, 0.3) is 5.82 Å². The molecule has 5 nitrogen and oxygen atoms in total. The summed E-state index contributed by atoms with van der Waals surface area (Å²) in [4.78, 5) is 15.1. The van der Waals surface area contributed by atoms with Gasteiger partial charge in [-0.3, -0.25) is 4.52 Å². The Morgan fingerprint density at radius 2 is 2.31 bits per heavy atom. The predicted molar refractivity (Wildman–Crippen MR) is 44.6 cm³/mol. The van der Waals surface area contributed by atoms with E-state index in [2.05, 4.69) is 14.7 Å². The van der Waals surface area contributed by atoms with Crippen LogP contribution in [0.5, 0.6) is 0 Å². The van der Waals surface area contributed by atoms with Crippen molar-refractivity contribution in [2.45, 2.75) is 6.92 Å². The zero-order valence-electron chi connectivity index (χ0n) is 6.97. The average molecular weight is 177 g/mol. The first-order valence-corrected chi connectivity index (χ1v) is 3.76. The van der Waals surface area contributed by atoms with Crippen LogP contribution in [0.4, 0.5) is 0 Å². The average Bonchev–Trinajstić information content (AvgIpc) is 2.48. The second kappa shape index (κ2) is 2.85. The highest BCUT2D eigenvalue weighted by Gasteiger charge is 2.07. The molecule has 0 saturated heterocycles. The minimum atomic E-state index is -0.517. The third kappa shape index (κ3) is 1.24. The van der Waals surface area contributed by atoms with Gasteiger partial charge in [-0.05, 0) is 19.1 Å². The first-order chi connectivity index (χ1) is 6.29. The Morgan fingerprint density at radius 1 is 1.46 bits per heavy atom. The zero-order chi connectivity index (χ0) is 9.26. The van der Waals surface area contributed by atoms with E-state index in [4.69, 9.17) is 0 Å². The summed E-state index contributed by atoms with van der Waals surface area (Å²) in [5.74, 6) is 0.492. The fourth-order valence-electron chi connectivity index (χ4n) is 1.06. The normalized spacial score (nSPS) is 10.2. The van der Waals surface area contributed by atoms with Crippen molar-refractivity contribution in [1.29, 1.82) is 0 Å². The molecule has 0 aliphatic carbocycles. The molecule has 0 saturated carbocycles. The van der Waals surface area contributed by atoms with E-state index in [1.807, 2.05) is 0 Å². The van der Waals surface area contributed by atoms with Gasteiger partial charge in [0.15, 0.2) is 5.82 Å². The third-order valence-electron chi connectivity index (χ3n) is 1.64. The molecule has 0 atom stereocenters. The lowest BCUT2D eigenvalue weighted by molar-refractivity contribution is 0.380. The Labute approximate surface area is 73.6 Å². The summed E-state index contributed by atoms with van der Waals surface area (Å²) in [6, 6.07) is 5.28. The van der Waals surface area contributed by atoms with Crippen molar-refractivity contribution in [3.05, 3.63) is 40.8 Å². The van der Waals surface area contributed by atoms with Gasteiger partial charge in [0, 0.05) is 6.20 Å². The second-order valence-corrected chi connectivity index (χ2v) is 2.52. The fraction of sp³-hybridized carbons (Fsp3) is 0.125. The van der Waals surface area contributed by atoms with Crippen molar-refractivity contribution in [1.82, 2.24) is 14.7 Å². The minimum Gasteiger partial charge on any atom is -0.295 e. The van der Waals surface area contributed by atoms with Gasteiger partial charge in [-0.1, -0.05) is 11.2 Å². The van der Waals surface area contributed by atoms with E-state index >= 15 is 0 Å². The van der Waals surface area contributed by atoms with E-state index in [0.29, 0.717) is 11.6 Å². The molecule has 2 aromatic rings. The molecule has 5 heteroatoms. The Hall–Kier alpha value is -1.91. The van der Waals surface area contributed by atoms with E-state index in [9.17, 15) is 4.79 Å². The third-order valence-corrected chi connectivity index (χ3v) is 1.64. The van der Waals surface area contributed by atoms with Gasteiger partial charge in [-0.25, -0.2) is 14.3 Å². The van der Waals surface area contributed by atoms with Gasteiger partial charge < -0.3 is 0 Å². The first-order valence-electron chi connectivity index (χ1n) is 3.76. The van der Waals surface area contributed by atoms with Gasteiger partial charge in [0.25, 0.3) is 0 Å². The van der Waals surface area contributed by atoms with E-state index < -0.39 is 5.76 Å². The van der Waals surface area contributed by atoms with E-state index in [1.54, 1.807) is 31.3 Å². The maximum atomic E-state index is 11.1. The van der Waals surface area contributed by atoms with Crippen LogP contribution in [0.1, 0.15) is 5.82 Å². The number of hydrogen-bond acceptors (Lipinski definition) is 4. The lowest BCUT2D eigenvalue weighted by Crippen LogP contribution is -2.14. The molecule has 0 radical (unpaired) electrons. The molecule has 2 heterocycles. The maximum Gasteiger partial charge on any atom is 0.447 e. The lowest BCUT2D eigenvalue weighted by Gasteiger charge is -1.97. The molecule has 0 bridgehead atoms. The highest BCUT2D eigenvalue weighted by atomic mass is 16.5. The van der Waals surface area contributed by atoms with Crippen LogP contribution in [0, 0.1) is 6.92 Å².